The van der Waals surface area contributed by atoms with Gasteiger partial charge in [0.25, 0.3) is 0 Å². The van der Waals surface area contributed by atoms with Gasteiger partial charge < -0.3 is 0 Å². The van der Waals surface area contributed by atoms with Crippen molar-refractivity contribution >= 4 is 15.4 Å². The van der Waals surface area contributed by atoms with E-state index >= 15 is 0 Å². The van der Waals surface area contributed by atoms with Gasteiger partial charge in [0.2, 0.25) is 0 Å². The number of benzene rings is 2. The molecule has 1 aliphatic heterocycles. The molecule has 0 fully saturated rings. The molecule has 2 aromatic rings. The number of hydrogen-bond donors (Lipinski definition) is 0. The highest BCUT2D eigenvalue weighted by atomic mass is 32.2. The predicted molar refractivity (Wildman–Crippen MR) is 84.0 cm³/mol. The minimum atomic E-state index is -2.34. The minimum Gasteiger partial charge on any atom is -0.244 e. The number of hydrogen-bond acceptors (Lipinski definition) is 2. The van der Waals surface area contributed by atoms with E-state index in [2.05, 4.69) is 17.4 Å². The van der Waals surface area contributed by atoms with Crippen LogP contribution in [0.4, 0.5) is 5.69 Å². The minimum absolute atomic E-state index is 0.331. The van der Waals surface area contributed by atoms with Gasteiger partial charge in [-0.05, 0) is 43.0 Å². The molecule has 104 valence electrons. The number of nitrogens with zero attached hydrogens (tertiary/aromatic N) is 1. The zero-order valence-corrected chi connectivity index (χ0v) is 12.7. The summed E-state index contributed by atoms with van der Waals surface area (Å²) in [6, 6.07) is 16.0. The van der Waals surface area contributed by atoms with E-state index < -0.39 is 9.73 Å². The fourth-order valence-corrected chi connectivity index (χ4v) is 5.09. The molecule has 0 aliphatic carbocycles. The monoisotopic (exact) mass is 285 g/mol. The molecule has 2 nitrogen and oxygen atoms in total. The van der Waals surface area contributed by atoms with Crippen LogP contribution in [-0.4, -0.2) is 9.96 Å². The first-order chi connectivity index (χ1) is 9.62. The number of aryl methyl sites for hydroxylation is 1. The second-order valence-electron chi connectivity index (χ2n) is 5.38. The topological polar surface area (TPSA) is 29.4 Å². The fraction of sp³-hybridized carbons (Fsp3) is 0.294. The van der Waals surface area contributed by atoms with Gasteiger partial charge in [-0.3, -0.25) is 0 Å². The Hall–Kier alpha value is -1.61. The number of fused-ring (bicyclic) bond motifs is 1. The maximum absolute atomic E-state index is 13.3. The van der Waals surface area contributed by atoms with Crippen molar-refractivity contribution in [3.8, 4) is 0 Å². The molecular weight excluding hydrogens is 266 g/mol. The third kappa shape index (κ3) is 2.27. The largest absolute Gasteiger partial charge is 0.244 e. The summed E-state index contributed by atoms with van der Waals surface area (Å²) in [5.74, 6) is 0.960. The van der Waals surface area contributed by atoms with E-state index in [0.717, 1.165) is 17.0 Å². The zero-order chi connectivity index (χ0) is 14.2. The average Bonchev–Trinajstić information content (AvgIpc) is 2.47. The zero-order valence-electron chi connectivity index (χ0n) is 11.9. The Kier molecular flexibility index (Phi) is 3.38. The maximum atomic E-state index is 13.3. The van der Waals surface area contributed by atoms with Crippen molar-refractivity contribution in [3.63, 3.8) is 0 Å². The van der Waals surface area contributed by atoms with Crippen molar-refractivity contribution in [3.05, 3.63) is 59.7 Å². The van der Waals surface area contributed by atoms with E-state index in [1.165, 1.54) is 11.1 Å². The Morgan fingerprint density at radius 2 is 1.85 bits per heavy atom. The van der Waals surface area contributed by atoms with Crippen LogP contribution in [0.25, 0.3) is 0 Å². The quantitative estimate of drug-likeness (QED) is 0.789. The van der Waals surface area contributed by atoms with Crippen LogP contribution in [0.15, 0.2) is 57.8 Å². The first kappa shape index (κ1) is 13.4. The van der Waals surface area contributed by atoms with Gasteiger partial charge in [-0.1, -0.05) is 42.8 Å². The summed E-state index contributed by atoms with van der Waals surface area (Å²) >= 11 is 0. The van der Waals surface area contributed by atoms with Gasteiger partial charge in [0.15, 0.2) is 0 Å². The first-order valence-electron chi connectivity index (χ1n) is 7.03. The molecule has 0 radical (unpaired) electrons. The van der Waals surface area contributed by atoms with Crippen molar-refractivity contribution in [2.45, 2.75) is 31.1 Å². The molecule has 0 amide bonds. The number of rotatable bonds is 2. The molecule has 1 unspecified atom stereocenters. The van der Waals surface area contributed by atoms with Crippen LogP contribution in [0.5, 0.6) is 0 Å². The van der Waals surface area contributed by atoms with Crippen LogP contribution in [-0.2, 0) is 9.73 Å². The highest BCUT2D eigenvalue weighted by Crippen LogP contribution is 2.38. The summed E-state index contributed by atoms with van der Waals surface area (Å²) in [5.41, 5.74) is 3.32. The van der Waals surface area contributed by atoms with Crippen LogP contribution in [0, 0.1) is 6.92 Å². The smallest absolute Gasteiger partial charge is 0.0806 e. The van der Waals surface area contributed by atoms with Crippen molar-refractivity contribution in [2.24, 2.45) is 4.36 Å². The predicted octanol–water partition coefficient (Wildman–Crippen LogP) is 4.66. The lowest BCUT2D eigenvalue weighted by molar-refractivity contribution is 0.656. The van der Waals surface area contributed by atoms with Gasteiger partial charge in [0.1, 0.15) is 0 Å². The Labute approximate surface area is 121 Å². The summed E-state index contributed by atoms with van der Waals surface area (Å²) in [7, 11) is -2.34. The fourth-order valence-electron chi connectivity index (χ4n) is 2.71. The lowest BCUT2D eigenvalue weighted by atomic mass is 9.97. The maximum Gasteiger partial charge on any atom is 0.0806 e. The first-order valence-corrected chi connectivity index (χ1v) is 8.71. The van der Waals surface area contributed by atoms with Crippen molar-refractivity contribution in [1.82, 2.24) is 0 Å². The molecule has 0 aromatic heterocycles. The second-order valence-corrected chi connectivity index (χ2v) is 7.64. The van der Waals surface area contributed by atoms with E-state index in [0.29, 0.717) is 11.7 Å². The Bertz CT molecular complexity index is 740. The highest BCUT2D eigenvalue weighted by molar-refractivity contribution is 7.93. The van der Waals surface area contributed by atoms with E-state index in [-0.39, 0.29) is 0 Å². The summed E-state index contributed by atoms with van der Waals surface area (Å²) in [5, 5.41) is 0. The summed E-state index contributed by atoms with van der Waals surface area (Å²) in [6.45, 7) is 4.19. The molecule has 2 aromatic carbocycles. The molecule has 0 N–H and O–H groups in total. The Balaban J connectivity index is 2.17. The van der Waals surface area contributed by atoms with Gasteiger partial charge in [-0.2, -0.15) is 4.36 Å². The lowest BCUT2D eigenvalue weighted by Gasteiger charge is -2.25. The molecule has 0 saturated heterocycles. The van der Waals surface area contributed by atoms with Crippen LogP contribution < -0.4 is 0 Å². The Morgan fingerprint density at radius 1 is 1.15 bits per heavy atom. The molecule has 3 heteroatoms. The van der Waals surface area contributed by atoms with Gasteiger partial charge in [-0.25, -0.2) is 4.21 Å². The average molecular weight is 285 g/mol. The normalized spacial score (nSPS) is 24.8. The van der Waals surface area contributed by atoms with Crippen molar-refractivity contribution in [1.29, 1.82) is 0 Å². The molecule has 20 heavy (non-hydrogen) atoms. The highest BCUT2D eigenvalue weighted by Gasteiger charge is 2.26. The van der Waals surface area contributed by atoms with Gasteiger partial charge >= 0.3 is 0 Å². The van der Waals surface area contributed by atoms with Crippen LogP contribution in [0.1, 0.15) is 30.4 Å². The molecule has 0 saturated carbocycles. The summed E-state index contributed by atoms with van der Waals surface area (Å²) in [6.07, 6.45) is 0.995. The standard InChI is InChI=1S/C17H19NOS/c1-3-14-12-20(19,15-10-8-13(2)9-11-15)18-17-7-5-4-6-16(14)17/h4-11,14H,3,12H2,1-2H3/t14-,20?/m0/s1. The van der Waals surface area contributed by atoms with Crippen LogP contribution in [0.2, 0.25) is 0 Å². The third-order valence-corrected chi connectivity index (χ3v) is 6.29. The van der Waals surface area contributed by atoms with Crippen molar-refractivity contribution < 1.29 is 4.21 Å². The second kappa shape index (κ2) is 5.06. The third-order valence-electron chi connectivity index (χ3n) is 3.93. The SMILES string of the molecule is CC[C@H]1CS(=O)(c2ccc(C)cc2)=Nc2ccccc21. The van der Waals surface area contributed by atoms with Gasteiger partial charge in [-0.15, -0.1) is 0 Å². The molecular formula is C17H19NOS. The van der Waals surface area contributed by atoms with E-state index in [9.17, 15) is 4.21 Å². The van der Waals surface area contributed by atoms with E-state index in [4.69, 9.17) is 0 Å². The molecule has 0 bridgehead atoms. The lowest BCUT2D eigenvalue weighted by Crippen LogP contribution is -2.18. The molecule has 0 spiro atoms. The van der Waals surface area contributed by atoms with E-state index in [1.807, 2.05) is 49.4 Å². The van der Waals surface area contributed by atoms with Crippen molar-refractivity contribution in [2.75, 3.05) is 5.75 Å². The Morgan fingerprint density at radius 3 is 2.55 bits per heavy atom. The molecule has 1 heterocycles. The van der Waals surface area contributed by atoms with Crippen LogP contribution >= 0.6 is 0 Å². The molecule has 1 aliphatic rings. The van der Waals surface area contributed by atoms with Gasteiger partial charge in [0.05, 0.1) is 15.4 Å². The molecule has 3 rings (SSSR count). The van der Waals surface area contributed by atoms with Crippen LogP contribution in [0.3, 0.4) is 0 Å². The summed E-state index contributed by atoms with van der Waals surface area (Å²) < 4.78 is 17.9. The van der Waals surface area contributed by atoms with E-state index in [1.54, 1.807) is 0 Å². The molecule has 2 atom stereocenters. The van der Waals surface area contributed by atoms with Gasteiger partial charge in [0, 0.05) is 10.6 Å². The summed E-state index contributed by atoms with van der Waals surface area (Å²) in [4.78, 5) is 0.857.